The predicted octanol–water partition coefficient (Wildman–Crippen LogP) is 4.61. The fraction of sp³-hybridized carbons (Fsp3) is 0.286. The quantitative estimate of drug-likeness (QED) is 0.501. The van der Waals surface area contributed by atoms with Gasteiger partial charge in [-0.1, -0.05) is 18.2 Å². The molecule has 3 aromatic carbocycles. The molecule has 1 aliphatic carbocycles. The van der Waals surface area contributed by atoms with E-state index in [0.717, 1.165) is 22.3 Å². The molecular weight excluding hydrogens is 463 g/mol. The highest BCUT2D eigenvalue weighted by Crippen LogP contribution is 2.50. The van der Waals surface area contributed by atoms with E-state index in [1.165, 1.54) is 19.1 Å². The molecule has 2 N–H and O–H groups in total. The monoisotopic (exact) mass is 492 g/mol. The summed E-state index contributed by atoms with van der Waals surface area (Å²) < 4.78 is 30.2. The number of hydrogen-bond donors (Lipinski definition) is 2. The van der Waals surface area contributed by atoms with Gasteiger partial charge >= 0.3 is 0 Å². The maximum atomic E-state index is 13.3. The predicted molar refractivity (Wildman–Crippen MR) is 136 cm³/mol. The Labute approximate surface area is 209 Å². The van der Waals surface area contributed by atoms with Crippen molar-refractivity contribution >= 4 is 11.6 Å². The number of hydrogen-bond acceptors (Lipinski definition) is 6. The summed E-state index contributed by atoms with van der Waals surface area (Å²) in [5.41, 5.74) is 4.19. The van der Waals surface area contributed by atoms with Crippen molar-refractivity contribution in [2.45, 2.75) is 32.4 Å². The van der Waals surface area contributed by atoms with Crippen LogP contribution in [0.3, 0.4) is 0 Å². The van der Waals surface area contributed by atoms with Crippen molar-refractivity contribution in [1.29, 1.82) is 0 Å². The number of carbonyl (C=O) groups is 1. The summed E-state index contributed by atoms with van der Waals surface area (Å²) in [7, 11) is 4.67. The summed E-state index contributed by atoms with van der Waals surface area (Å²) in [6.45, 7) is 1.81. The van der Waals surface area contributed by atoms with Crippen molar-refractivity contribution in [2.24, 2.45) is 0 Å². The first-order chi connectivity index (χ1) is 17.4. The topological polar surface area (TPSA) is 85.9 Å². The highest BCUT2D eigenvalue weighted by molar-refractivity contribution is 5.83. The Kier molecular flexibility index (Phi) is 7.43. The Hall–Kier alpha value is -4.07. The Morgan fingerprint density at radius 1 is 1.00 bits per heavy atom. The van der Waals surface area contributed by atoms with Crippen LogP contribution in [0.5, 0.6) is 17.2 Å². The lowest BCUT2D eigenvalue weighted by molar-refractivity contribution is -0.119. The van der Waals surface area contributed by atoms with Crippen LogP contribution in [-0.2, 0) is 17.8 Å². The number of carbonyl (C=O) groups excluding carboxylic acids is 1. The zero-order valence-electron chi connectivity index (χ0n) is 20.7. The van der Waals surface area contributed by atoms with Crippen LogP contribution in [0.25, 0.3) is 11.1 Å². The Morgan fingerprint density at radius 3 is 2.36 bits per heavy atom. The van der Waals surface area contributed by atoms with E-state index in [0.29, 0.717) is 47.9 Å². The molecule has 188 valence electrons. The number of rotatable bonds is 7. The lowest BCUT2D eigenvalue weighted by atomic mass is 9.95. The molecule has 0 spiro atoms. The Balaban J connectivity index is 1.89. The first kappa shape index (κ1) is 25.0. The second kappa shape index (κ2) is 10.7. The Morgan fingerprint density at radius 2 is 1.72 bits per heavy atom. The second-order valence-electron chi connectivity index (χ2n) is 8.58. The number of anilines is 1. The van der Waals surface area contributed by atoms with Crippen molar-refractivity contribution < 1.29 is 23.4 Å². The van der Waals surface area contributed by atoms with Crippen LogP contribution in [-0.4, -0.2) is 27.2 Å². The number of benzene rings is 2. The van der Waals surface area contributed by atoms with Gasteiger partial charge in [0.1, 0.15) is 5.82 Å². The summed E-state index contributed by atoms with van der Waals surface area (Å²) in [6.07, 6.45) is 1.21. The third kappa shape index (κ3) is 4.98. The summed E-state index contributed by atoms with van der Waals surface area (Å²) in [6, 6.07) is 12.8. The molecule has 0 saturated heterocycles. The maximum absolute atomic E-state index is 13.3. The van der Waals surface area contributed by atoms with E-state index in [9.17, 15) is 14.0 Å². The molecule has 1 aliphatic rings. The number of nitrogens with one attached hydrogen (secondary N) is 2. The molecule has 1 atom stereocenters. The molecule has 7 nitrogen and oxygen atoms in total. The van der Waals surface area contributed by atoms with E-state index in [2.05, 4.69) is 10.6 Å². The highest BCUT2D eigenvalue weighted by atomic mass is 19.1. The maximum Gasteiger partial charge on any atom is 0.217 e. The summed E-state index contributed by atoms with van der Waals surface area (Å²) in [4.78, 5) is 25.3. The van der Waals surface area contributed by atoms with Gasteiger partial charge in [-0.2, -0.15) is 0 Å². The van der Waals surface area contributed by atoms with Crippen molar-refractivity contribution in [3.63, 3.8) is 0 Å². The van der Waals surface area contributed by atoms with Crippen LogP contribution in [0.4, 0.5) is 10.1 Å². The van der Waals surface area contributed by atoms with Crippen LogP contribution in [0.1, 0.15) is 36.1 Å². The zero-order valence-corrected chi connectivity index (χ0v) is 20.7. The molecule has 3 aromatic rings. The third-order valence-corrected chi connectivity index (χ3v) is 6.31. The standard InChI is InChI=1S/C28H29FN2O5/c1-16(32)31-22-11-7-18-13-25(34-2)27(35-3)28(36-4)26(18)20-10-12-23(24(33)14-21(20)22)30-15-17-5-8-19(29)9-6-17/h5-6,8-10,12-14,22H,7,11,15H2,1-4H3,(H,30,33)(H,31,32). The number of fused-ring (bicyclic) bond motifs is 3. The van der Waals surface area contributed by atoms with E-state index in [4.69, 9.17) is 14.2 Å². The molecule has 0 radical (unpaired) electrons. The normalized spacial score (nSPS) is 14.1. The van der Waals surface area contributed by atoms with Crippen molar-refractivity contribution in [3.05, 3.63) is 81.3 Å². The first-order valence-corrected chi connectivity index (χ1v) is 11.6. The molecule has 8 heteroatoms. The van der Waals surface area contributed by atoms with E-state index in [1.54, 1.807) is 45.6 Å². The Bertz CT molecular complexity index is 1340. The smallest absolute Gasteiger partial charge is 0.217 e. The van der Waals surface area contributed by atoms with Gasteiger partial charge in [0.2, 0.25) is 17.1 Å². The SMILES string of the molecule is COc1cc2c(c(OC)c1OC)-c1ccc(NCc3ccc(F)cc3)c(=O)cc1C(NC(C)=O)CC2. The molecule has 4 rings (SSSR count). The van der Waals surface area contributed by atoms with Gasteiger partial charge in [0, 0.05) is 19.0 Å². The molecule has 0 aromatic heterocycles. The van der Waals surface area contributed by atoms with Gasteiger partial charge in [-0.3, -0.25) is 9.59 Å². The molecule has 1 amide bonds. The molecular formula is C28H29FN2O5. The fourth-order valence-electron chi connectivity index (χ4n) is 4.65. The van der Waals surface area contributed by atoms with Gasteiger partial charge in [-0.15, -0.1) is 0 Å². The lowest BCUT2D eigenvalue weighted by Crippen LogP contribution is -2.26. The minimum Gasteiger partial charge on any atom is -0.493 e. The summed E-state index contributed by atoms with van der Waals surface area (Å²) in [5.74, 6) is 0.982. The summed E-state index contributed by atoms with van der Waals surface area (Å²) >= 11 is 0. The molecule has 0 aliphatic heterocycles. The van der Waals surface area contributed by atoms with Crippen LogP contribution in [0.15, 0.2) is 53.3 Å². The van der Waals surface area contributed by atoms with Crippen molar-refractivity contribution in [1.82, 2.24) is 5.32 Å². The fourth-order valence-corrected chi connectivity index (χ4v) is 4.65. The first-order valence-electron chi connectivity index (χ1n) is 11.6. The average molecular weight is 493 g/mol. The molecule has 36 heavy (non-hydrogen) atoms. The van der Waals surface area contributed by atoms with Crippen LogP contribution < -0.4 is 30.3 Å². The van der Waals surface area contributed by atoms with E-state index < -0.39 is 0 Å². The zero-order chi connectivity index (χ0) is 25.8. The van der Waals surface area contributed by atoms with Crippen LogP contribution in [0, 0.1) is 5.82 Å². The van der Waals surface area contributed by atoms with Crippen LogP contribution in [0.2, 0.25) is 0 Å². The minimum absolute atomic E-state index is 0.187. The molecule has 0 saturated carbocycles. The van der Waals surface area contributed by atoms with Gasteiger partial charge in [0.25, 0.3) is 0 Å². The second-order valence-corrected chi connectivity index (χ2v) is 8.58. The molecule has 0 bridgehead atoms. The largest absolute Gasteiger partial charge is 0.493 e. The van der Waals surface area contributed by atoms with Gasteiger partial charge in [0.15, 0.2) is 11.5 Å². The van der Waals surface area contributed by atoms with Crippen molar-refractivity contribution in [2.75, 3.05) is 26.6 Å². The average Bonchev–Trinajstić information content (AvgIpc) is 3.11. The highest BCUT2D eigenvalue weighted by Gasteiger charge is 2.29. The number of amides is 1. The number of ether oxygens (including phenoxy) is 3. The molecule has 1 unspecified atom stereocenters. The number of halogens is 1. The minimum atomic E-state index is -0.378. The van der Waals surface area contributed by atoms with Crippen molar-refractivity contribution in [3.8, 4) is 28.4 Å². The molecule has 0 fully saturated rings. The summed E-state index contributed by atoms with van der Waals surface area (Å²) in [5, 5.41) is 6.15. The van der Waals surface area contributed by atoms with E-state index in [-0.39, 0.29) is 23.2 Å². The van der Waals surface area contributed by atoms with E-state index in [1.807, 2.05) is 12.1 Å². The number of aryl methyl sites for hydroxylation is 1. The van der Waals surface area contributed by atoms with E-state index >= 15 is 0 Å². The van der Waals surface area contributed by atoms with Crippen LogP contribution >= 0.6 is 0 Å². The van der Waals surface area contributed by atoms with Gasteiger partial charge in [0.05, 0.1) is 33.1 Å². The molecule has 0 heterocycles. The third-order valence-electron chi connectivity index (χ3n) is 6.31. The van der Waals surface area contributed by atoms with Gasteiger partial charge in [-0.25, -0.2) is 4.39 Å². The van der Waals surface area contributed by atoms with Gasteiger partial charge < -0.3 is 24.8 Å². The lowest BCUT2D eigenvalue weighted by Gasteiger charge is -2.19. The number of methoxy groups -OCH3 is 3. The van der Waals surface area contributed by atoms with Gasteiger partial charge in [-0.05, 0) is 65.4 Å².